The van der Waals surface area contributed by atoms with Crippen LogP contribution in [0, 0.1) is 35.0 Å². The van der Waals surface area contributed by atoms with Crippen molar-refractivity contribution in [2.45, 2.75) is 79.2 Å². The summed E-state index contributed by atoms with van der Waals surface area (Å²) in [5, 5.41) is 3.23. The summed E-state index contributed by atoms with van der Waals surface area (Å²) in [6.07, 6.45) is 7.14. The molecule has 1 atom stereocenters. The van der Waals surface area contributed by atoms with Crippen LogP contribution in [0.2, 0.25) is 0 Å². The van der Waals surface area contributed by atoms with Crippen LogP contribution in [0.1, 0.15) is 73.1 Å². The van der Waals surface area contributed by atoms with Crippen molar-refractivity contribution in [1.82, 2.24) is 10.2 Å². The molecule has 4 heteroatoms. The summed E-state index contributed by atoms with van der Waals surface area (Å²) in [6, 6.07) is -0.394. The second-order valence-corrected chi connectivity index (χ2v) is 10.2. The second kappa shape index (κ2) is 7.52. The van der Waals surface area contributed by atoms with Crippen LogP contribution in [0.25, 0.3) is 0 Å². The smallest absolute Gasteiger partial charge is 0.245 e. The largest absolute Gasteiger partial charge is 0.344 e. The highest BCUT2D eigenvalue weighted by atomic mass is 16.2. The summed E-state index contributed by atoms with van der Waals surface area (Å²) in [5.41, 5.74) is -0.183. The Bertz CT molecular complexity index is 505. The minimum absolute atomic E-state index is 0.0919. The Morgan fingerprint density at radius 1 is 1.00 bits per heavy atom. The Morgan fingerprint density at radius 2 is 1.50 bits per heavy atom. The zero-order valence-electron chi connectivity index (χ0n) is 17.4. The van der Waals surface area contributed by atoms with E-state index >= 15 is 0 Å². The lowest BCUT2D eigenvalue weighted by Gasteiger charge is -2.56. The molecule has 0 aliphatic heterocycles. The lowest BCUT2D eigenvalue weighted by Crippen LogP contribution is -2.59. The molecule has 4 rings (SSSR count). The van der Waals surface area contributed by atoms with Gasteiger partial charge in [-0.05, 0) is 75.0 Å². The molecule has 2 amide bonds. The zero-order chi connectivity index (χ0) is 19.1. The van der Waals surface area contributed by atoms with Crippen LogP contribution >= 0.6 is 0 Å². The molecule has 4 bridgehead atoms. The molecule has 4 aliphatic carbocycles. The first kappa shape index (κ1) is 19.7. The summed E-state index contributed by atoms with van der Waals surface area (Å²) in [7, 11) is 0. The van der Waals surface area contributed by atoms with E-state index in [1.165, 1.54) is 19.3 Å². The Morgan fingerprint density at radius 3 is 1.88 bits per heavy atom. The molecular weight excluding hydrogens is 324 g/mol. The van der Waals surface area contributed by atoms with Crippen LogP contribution in [0.3, 0.4) is 0 Å². The minimum atomic E-state index is -0.394. The van der Waals surface area contributed by atoms with Gasteiger partial charge in [0.15, 0.2) is 0 Å². The topological polar surface area (TPSA) is 49.4 Å². The van der Waals surface area contributed by atoms with Gasteiger partial charge in [-0.15, -0.1) is 0 Å². The highest BCUT2D eigenvalue weighted by molar-refractivity contribution is 5.90. The fraction of sp³-hybridized carbons (Fsp3) is 0.909. The molecule has 4 saturated carbocycles. The van der Waals surface area contributed by atoms with Gasteiger partial charge in [0.1, 0.15) is 6.04 Å². The molecule has 4 nitrogen and oxygen atoms in total. The fourth-order valence-corrected chi connectivity index (χ4v) is 6.21. The van der Waals surface area contributed by atoms with Crippen LogP contribution in [-0.2, 0) is 9.59 Å². The predicted molar refractivity (Wildman–Crippen MR) is 104 cm³/mol. The fourth-order valence-electron chi connectivity index (χ4n) is 6.21. The van der Waals surface area contributed by atoms with Crippen LogP contribution in [-0.4, -0.2) is 35.8 Å². The highest BCUT2D eigenvalue weighted by Crippen LogP contribution is 2.60. The van der Waals surface area contributed by atoms with Gasteiger partial charge in [0, 0.05) is 18.5 Å². The third-order valence-corrected chi connectivity index (χ3v) is 7.02. The second-order valence-electron chi connectivity index (χ2n) is 10.2. The first-order valence-corrected chi connectivity index (χ1v) is 10.8. The highest BCUT2D eigenvalue weighted by Gasteiger charge is 2.55. The lowest BCUT2D eigenvalue weighted by molar-refractivity contribution is -0.150. The lowest BCUT2D eigenvalue weighted by atomic mass is 9.49. The molecule has 1 unspecified atom stereocenters. The predicted octanol–water partition coefficient (Wildman–Crippen LogP) is 3.85. The van der Waals surface area contributed by atoms with Gasteiger partial charge in [0.25, 0.3) is 0 Å². The standard InChI is InChI=1S/C22H38N2O2/c1-6-24(13-14(2)3)20(25)19(15(4)5)23-21(26)22-10-16-7-17(11-22)9-18(8-16)12-22/h14-19H,6-13H2,1-5H3,(H,23,26). The monoisotopic (exact) mass is 362 g/mol. The van der Waals surface area contributed by atoms with Crippen LogP contribution in [0.5, 0.6) is 0 Å². The van der Waals surface area contributed by atoms with Crippen molar-refractivity contribution < 1.29 is 9.59 Å². The summed E-state index contributed by atoms with van der Waals surface area (Å²) in [4.78, 5) is 28.4. The van der Waals surface area contributed by atoms with E-state index in [9.17, 15) is 9.59 Å². The Kier molecular flexibility index (Phi) is 5.69. The van der Waals surface area contributed by atoms with Gasteiger partial charge in [-0.2, -0.15) is 0 Å². The SMILES string of the molecule is CCN(CC(C)C)C(=O)C(NC(=O)C12CC3CC(CC(C3)C1)C2)C(C)C. The molecule has 26 heavy (non-hydrogen) atoms. The van der Waals surface area contributed by atoms with Crippen molar-refractivity contribution in [3.63, 3.8) is 0 Å². The van der Waals surface area contributed by atoms with E-state index in [4.69, 9.17) is 0 Å². The maximum absolute atomic E-state index is 13.4. The summed E-state index contributed by atoms with van der Waals surface area (Å²) in [6.45, 7) is 11.8. The molecule has 0 aromatic rings. The molecule has 0 radical (unpaired) electrons. The number of rotatable bonds is 7. The number of carbonyl (C=O) groups is 2. The van der Waals surface area contributed by atoms with E-state index in [2.05, 4.69) is 19.2 Å². The summed E-state index contributed by atoms with van der Waals surface area (Å²) < 4.78 is 0. The van der Waals surface area contributed by atoms with E-state index in [1.807, 2.05) is 25.7 Å². The number of carbonyl (C=O) groups excluding carboxylic acids is 2. The van der Waals surface area contributed by atoms with E-state index < -0.39 is 6.04 Å². The maximum atomic E-state index is 13.4. The average molecular weight is 363 g/mol. The zero-order valence-corrected chi connectivity index (χ0v) is 17.4. The number of amides is 2. The van der Waals surface area contributed by atoms with Gasteiger partial charge in [-0.25, -0.2) is 0 Å². The van der Waals surface area contributed by atoms with Crippen molar-refractivity contribution >= 4 is 11.8 Å². The Balaban J connectivity index is 1.72. The number of hydrogen-bond acceptors (Lipinski definition) is 2. The number of nitrogens with one attached hydrogen (secondary N) is 1. The van der Waals surface area contributed by atoms with Crippen LogP contribution in [0.15, 0.2) is 0 Å². The van der Waals surface area contributed by atoms with Crippen molar-refractivity contribution in [2.75, 3.05) is 13.1 Å². The van der Waals surface area contributed by atoms with Gasteiger partial charge in [-0.3, -0.25) is 9.59 Å². The van der Waals surface area contributed by atoms with Gasteiger partial charge in [-0.1, -0.05) is 27.7 Å². The molecule has 1 N–H and O–H groups in total. The van der Waals surface area contributed by atoms with Crippen molar-refractivity contribution in [3.05, 3.63) is 0 Å². The molecule has 0 saturated heterocycles. The average Bonchev–Trinajstić information content (AvgIpc) is 2.55. The molecule has 4 fully saturated rings. The normalized spacial score (nSPS) is 33.6. The molecule has 0 aromatic carbocycles. The molecule has 148 valence electrons. The van der Waals surface area contributed by atoms with E-state index in [1.54, 1.807) is 0 Å². The van der Waals surface area contributed by atoms with Crippen molar-refractivity contribution in [1.29, 1.82) is 0 Å². The van der Waals surface area contributed by atoms with Crippen LogP contribution < -0.4 is 5.32 Å². The summed E-state index contributed by atoms with van der Waals surface area (Å²) >= 11 is 0. The van der Waals surface area contributed by atoms with Crippen LogP contribution in [0.4, 0.5) is 0 Å². The maximum Gasteiger partial charge on any atom is 0.245 e. The van der Waals surface area contributed by atoms with E-state index in [-0.39, 0.29) is 23.1 Å². The van der Waals surface area contributed by atoms with Crippen molar-refractivity contribution in [2.24, 2.45) is 35.0 Å². The first-order chi connectivity index (χ1) is 12.2. The molecule has 0 heterocycles. The van der Waals surface area contributed by atoms with Gasteiger partial charge < -0.3 is 10.2 Å². The Labute approximate surface area is 159 Å². The number of hydrogen-bond donors (Lipinski definition) is 1. The van der Waals surface area contributed by atoms with Gasteiger partial charge >= 0.3 is 0 Å². The molecular formula is C22H38N2O2. The third-order valence-electron chi connectivity index (χ3n) is 7.02. The first-order valence-electron chi connectivity index (χ1n) is 10.8. The number of likely N-dealkylation sites (N-methyl/N-ethyl adjacent to an activating group) is 1. The molecule has 0 spiro atoms. The van der Waals surface area contributed by atoms with E-state index in [0.29, 0.717) is 12.5 Å². The molecule has 4 aliphatic rings. The summed E-state index contributed by atoms with van der Waals surface area (Å²) in [5.74, 6) is 3.04. The van der Waals surface area contributed by atoms with Gasteiger partial charge in [0.05, 0.1) is 0 Å². The van der Waals surface area contributed by atoms with Gasteiger partial charge in [0.2, 0.25) is 11.8 Å². The molecule has 0 aromatic heterocycles. The Hall–Kier alpha value is -1.06. The van der Waals surface area contributed by atoms with Crippen molar-refractivity contribution in [3.8, 4) is 0 Å². The minimum Gasteiger partial charge on any atom is -0.344 e. The van der Waals surface area contributed by atoms with E-state index in [0.717, 1.165) is 43.6 Å². The third kappa shape index (κ3) is 3.80. The number of nitrogens with zero attached hydrogens (tertiary/aromatic N) is 1. The quantitative estimate of drug-likeness (QED) is 0.748.